The van der Waals surface area contributed by atoms with Crippen LogP contribution in [0.3, 0.4) is 0 Å². The van der Waals surface area contributed by atoms with Crippen LogP contribution < -0.4 is 14.5 Å². The molecule has 0 amide bonds. The summed E-state index contributed by atoms with van der Waals surface area (Å²) < 4.78 is 27.4. The highest BCUT2D eigenvalue weighted by Crippen LogP contribution is 2.54. The average Bonchev–Trinajstić information content (AvgIpc) is 0.865. The summed E-state index contributed by atoms with van der Waals surface area (Å²) in [4.78, 5) is 4.72. The first-order valence-electron chi connectivity index (χ1n) is 31.4. The van der Waals surface area contributed by atoms with E-state index >= 15 is 0 Å². The Kier molecular flexibility index (Phi) is 11.7. The van der Waals surface area contributed by atoms with Gasteiger partial charge in [-0.2, -0.15) is 0 Å². The van der Waals surface area contributed by atoms with Gasteiger partial charge >= 0.3 is 0 Å². The van der Waals surface area contributed by atoms with E-state index in [1.165, 1.54) is 0 Å². The zero-order chi connectivity index (χ0) is 60.4. The second-order valence-corrected chi connectivity index (χ2v) is 24.2. The van der Waals surface area contributed by atoms with Gasteiger partial charge in [-0.25, -0.2) is 0 Å². The van der Waals surface area contributed by atoms with Gasteiger partial charge in [0.25, 0.3) is 0 Å². The second-order valence-electron chi connectivity index (χ2n) is 24.2. The number of benzene rings is 14. The highest BCUT2D eigenvalue weighted by molar-refractivity contribution is 6.23. The van der Waals surface area contributed by atoms with Crippen LogP contribution in [-0.4, -0.2) is 6.10 Å². The third-order valence-electron chi connectivity index (χ3n) is 19.0. The molecule has 2 aliphatic rings. The fourth-order valence-electron chi connectivity index (χ4n) is 14.7. The maximum absolute atomic E-state index is 7.06. The molecule has 0 radical (unpaired) electrons. The third kappa shape index (κ3) is 8.27. The topological polar surface area (TPSA) is 55.1 Å². The average molecular weight is 1180 g/mol. The lowest BCUT2D eigenvalue weighted by molar-refractivity contribution is 0.269. The molecule has 3 aromatic heterocycles. The second kappa shape index (κ2) is 20.7. The van der Waals surface area contributed by atoms with Crippen molar-refractivity contribution < 1.29 is 18.0 Å². The molecule has 14 aromatic carbocycles. The van der Waals surface area contributed by atoms with Crippen LogP contribution >= 0.6 is 0 Å². The zero-order valence-electron chi connectivity index (χ0n) is 49.7. The Bertz CT molecular complexity index is 5880. The first kappa shape index (κ1) is 51.9. The lowest BCUT2D eigenvalue weighted by atomic mass is 9.84. The molecule has 432 valence electrons. The van der Waals surface area contributed by atoms with Gasteiger partial charge in [-0.05, 0) is 151 Å². The van der Waals surface area contributed by atoms with Crippen molar-refractivity contribution >= 4 is 121 Å². The molecule has 6 heteroatoms. The Hall–Kier alpha value is -12.1. The van der Waals surface area contributed by atoms with E-state index in [4.69, 9.17) is 18.0 Å². The standard InChI is InChI=1S/C86H54N2O4/c1-3-17-53(18-4-1)55-33-37-57(38-34-55)83-69-47-43-60(88(62-42-46-68-64-22-8-12-30-78(64)90-82(68)52-62)76-28-16-26-72-66-24-10-14-32-80(66)92-86(72)76)50-74(69)84(58-39-35-56(36-40-58)54-19-5-2-6-20-54)70-48-44-59(49-73(70)83)87(61-41-45-67-63-21-7-11-29-77(63)89-81(67)51-61)75-27-15-25-71-65-23-9-13-31-79(65)91-85(71)75/h1-52,65,79H. The molecule has 17 aromatic rings. The minimum Gasteiger partial charge on any atom is -0.483 e. The van der Waals surface area contributed by atoms with E-state index in [9.17, 15) is 0 Å². The lowest BCUT2D eigenvalue weighted by Crippen LogP contribution is -2.16. The number of rotatable bonds is 10. The molecule has 6 nitrogen and oxygen atoms in total. The van der Waals surface area contributed by atoms with Crippen molar-refractivity contribution in [3.63, 3.8) is 0 Å². The van der Waals surface area contributed by atoms with E-state index in [1.807, 2.05) is 30.3 Å². The Balaban J connectivity index is 0.897. The Morgan fingerprint density at radius 1 is 0.261 bits per heavy atom. The summed E-state index contributed by atoms with van der Waals surface area (Å²) >= 11 is 0. The number of fused-ring (bicyclic) bond motifs is 14. The van der Waals surface area contributed by atoms with Gasteiger partial charge in [0.2, 0.25) is 0 Å². The van der Waals surface area contributed by atoms with Crippen molar-refractivity contribution in [1.29, 1.82) is 0 Å². The minimum absolute atomic E-state index is 0.0968. The van der Waals surface area contributed by atoms with Gasteiger partial charge in [-0.15, -0.1) is 0 Å². The number of hydrogen-bond donors (Lipinski definition) is 0. The van der Waals surface area contributed by atoms with Gasteiger partial charge in [0.05, 0.1) is 22.7 Å². The quantitative estimate of drug-likeness (QED) is 0.127. The summed E-state index contributed by atoms with van der Waals surface area (Å²) in [6, 6.07) is 105. The SMILES string of the molecule is C1=CC2Oc3c(cccc3N(c3ccc4c(c3)oc3ccccc34)c3ccc4c(-c5ccc(-c6ccccc6)cc5)c5cc(N(c6ccc7c(c6)oc6ccccc67)c6cccc7c6oc6ccccc67)ccc5c(-c5ccc(-c6ccccc6)cc5)c4c3)C2C=C1. The first-order chi connectivity index (χ1) is 45.6. The van der Waals surface area contributed by atoms with Crippen LogP contribution in [0.2, 0.25) is 0 Å². The molecule has 0 bridgehead atoms. The zero-order valence-corrected chi connectivity index (χ0v) is 49.7. The van der Waals surface area contributed by atoms with Crippen molar-refractivity contribution in [2.24, 2.45) is 0 Å². The van der Waals surface area contributed by atoms with Crippen LogP contribution in [0.1, 0.15) is 11.5 Å². The number of hydrogen-bond acceptors (Lipinski definition) is 6. The number of anilines is 6. The fraction of sp³-hybridized carbons (Fsp3) is 0.0233. The van der Waals surface area contributed by atoms with Crippen LogP contribution in [0, 0.1) is 0 Å². The van der Waals surface area contributed by atoms with Gasteiger partial charge in [-0.3, -0.25) is 0 Å². The normalized spacial score (nSPS) is 14.3. The van der Waals surface area contributed by atoms with Gasteiger partial charge < -0.3 is 27.8 Å². The number of furan rings is 3. The smallest absolute Gasteiger partial charge is 0.159 e. The molecule has 0 saturated heterocycles. The van der Waals surface area contributed by atoms with E-state index in [0.717, 1.165) is 177 Å². The Morgan fingerprint density at radius 2 is 0.663 bits per heavy atom. The first-order valence-corrected chi connectivity index (χ1v) is 31.4. The maximum Gasteiger partial charge on any atom is 0.159 e. The van der Waals surface area contributed by atoms with Gasteiger partial charge in [0.15, 0.2) is 5.58 Å². The number of allylic oxidation sites excluding steroid dienone is 2. The summed E-state index contributed by atoms with van der Waals surface area (Å²) in [5.41, 5.74) is 20.8. The minimum atomic E-state index is -0.110. The fourth-order valence-corrected chi connectivity index (χ4v) is 14.7. The molecule has 0 saturated carbocycles. The molecule has 4 heterocycles. The molecule has 2 unspecified atom stereocenters. The molecule has 92 heavy (non-hydrogen) atoms. The molecule has 19 rings (SSSR count). The summed E-state index contributed by atoms with van der Waals surface area (Å²) in [5.74, 6) is 0.965. The monoisotopic (exact) mass is 1180 g/mol. The summed E-state index contributed by atoms with van der Waals surface area (Å²) in [5, 5.41) is 10.8. The van der Waals surface area contributed by atoms with Crippen LogP contribution in [0.4, 0.5) is 34.1 Å². The number of para-hydroxylation sites is 5. The highest BCUT2D eigenvalue weighted by atomic mass is 16.5. The molecule has 0 N–H and O–H groups in total. The molecule has 0 fully saturated rings. The number of nitrogens with zero attached hydrogens (tertiary/aromatic N) is 2. The van der Waals surface area contributed by atoms with E-state index in [0.29, 0.717) is 0 Å². The molecule has 0 spiro atoms. The molecule has 1 aliphatic heterocycles. The Labute approximate surface area is 529 Å². The predicted octanol–water partition coefficient (Wildman–Crippen LogP) is 24.3. The van der Waals surface area contributed by atoms with Crippen molar-refractivity contribution in [2.75, 3.05) is 9.80 Å². The van der Waals surface area contributed by atoms with E-state index in [2.05, 4.69) is 295 Å². The molecular formula is C86H54N2O4. The van der Waals surface area contributed by atoms with Crippen LogP contribution in [0.5, 0.6) is 5.75 Å². The Morgan fingerprint density at radius 3 is 1.22 bits per heavy atom. The van der Waals surface area contributed by atoms with Crippen molar-refractivity contribution in [1.82, 2.24) is 0 Å². The van der Waals surface area contributed by atoms with Crippen LogP contribution in [0.25, 0.3) is 132 Å². The van der Waals surface area contributed by atoms with Crippen LogP contribution in [0.15, 0.2) is 329 Å². The van der Waals surface area contributed by atoms with E-state index < -0.39 is 0 Å². The van der Waals surface area contributed by atoms with Crippen LogP contribution in [-0.2, 0) is 0 Å². The summed E-state index contributed by atoms with van der Waals surface area (Å²) in [6.07, 6.45) is 8.56. The van der Waals surface area contributed by atoms with E-state index in [1.54, 1.807) is 0 Å². The number of ether oxygens (including phenoxy) is 1. The molecule has 1 aliphatic carbocycles. The van der Waals surface area contributed by atoms with Gasteiger partial charge in [0, 0.05) is 67.3 Å². The maximum atomic E-state index is 7.06. The highest BCUT2D eigenvalue weighted by Gasteiger charge is 2.36. The largest absolute Gasteiger partial charge is 0.483 e. The lowest BCUT2D eigenvalue weighted by Gasteiger charge is -2.29. The predicted molar refractivity (Wildman–Crippen MR) is 380 cm³/mol. The van der Waals surface area contributed by atoms with Crippen molar-refractivity contribution in [3.8, 4) is 50.3 Å². The molecular weight excluding hydrogens is 1120 g/mol. The summed E-state index contributed by atoms with van der Waals surface area (Å²) in [7, 11) is 0. The van der Waals surface area contributed by atoms with Crippen molar-refractivity contribution in [2.45, 2.75) is 12.0 Å². The summed E-state index contributed by atoms with van der Waals surface area (Å²) in [6.45, 7) is 0. The van der Waals surface area contributed by atoms with Gasteiger partial charge in [0.1, 0.15) is 39.8 Å². The van der Waals surface area contributed by atoms with E-state index in [-0.39, 0.29) is 12.0 Å². The molecule has 2 atom stereocenters. The van der Waals surface area contributed by atoms with Gasteiger partial charge in [-0.1, -0.05) is 218 Å². The third-order valence-corrected chi connectivity index (χ3v) is 19.0. The van der Waals surface area contributed by atoms with Crippen molar-refractivity contribution in [3.05, 3.63) is 321 Å².